The fraction of sp³-hybridized carbons (Fsp3) is 0.0909. The minimum absolute atomic E-state index is 0.0104. The van der Waals surface area contributed by atoms with E-state index in [-0.39, 0.29) is 17.9 Å². The second-order valence-corrected chi connectivity index (χ2v) is 7.53. The molecule has 1 N–H and O–H groups in total. The van der Waals surface area contributed by atoms with E-state index < -0.39 is 22.6 Å². The number of hydrazone groups is 1. The second kappa shape index (κ2) is 10.3. The molecule has 0 aromatic heterocycles. The number of amides is 1. The average Bonchev–Trinajstić information content (AvgIpc) is 2.78. The Labute approximate surface area is 194 Å². The summed E-state index contributed by atoms with van der Waals surface area (Å²) in [7, 11) is 0. The standard InChI is InChI=1S/C22H15BrF3N3O4/c23-19-10-15(6-9-20(19)33-13-14-4-7-18(8-5-14)29(31)32)12-27-28-21(30)16-2-1-3-17(11-16)22(24,25)26/h1-12H,13H2,(H,28,30)/b27-12-. The van der Waals surface area contributed by atoms with E-state index in [2.05, 4.69) is 26.5 Å². The van der Waals surface area contributed by atoms with Crippen LogP contribution in [-0.4, -0.2) is 17.0 Å². The van der Waals surface area contributed by atoms with Gasteiger partial charge in [-0.25, -0.2) is 5.43 Å². The zero-order chi connectivity index (χ0) is 24.0. The van der Waals surface area contributed by atoms with Crippen LogP contribution in [0.1, 0.15) is 27.0 Å². The molecule has 0 saturated heterocycles. The molecule has 0 spiro atoms. The normalized spacial score (nSPS) is 11.4. The first-order valence-electron chi connectivity index (χ1n) is 9.30. The summed E-state index contributed by atoms with van der Waals surface area (Å²) < 4.78 is 44.6. The molecular formula is C22H15BrF3N3O4. The molecule has 11 heteroatoms. The monoisotopic (exact) mass is 521 g/mol. The third kappa shape index (κ3) is 6.62. The number of ether oxygens (including phenoxy) is 1. The fourth-order valence-electron chi connectivity index (χ4n) is 2.66. The predicted molar refractivity (Wildman–Crippen MR) is 118 cm³/mol. The molecule has 0 aliphatic heterocycles. The summed E-state index contributed by atoms with van der Waals surface area (Å²) in [6.45, 7) is 0.192. The summed E-state index contributed by atoms with van der Waals surface area (Å²) in [5.41, 5.74) is 2.42. The highest BCUT2D eigenvalue weighted by atomic mass is 79.9. The molecule has 170 valence electrons. The Balaban J connectivity index is 1.58. The van der Waals surface area contributed by atoms with Gasteiger partial charge in [0.15, 0.2) is 0 Å². The summed E-state index contributed by atoms with van der Waals surface area (Å²) in [5, 5.41) is 14.5. The van der Waals surface area contributed by atoms with Crippen molar-refractivity contribution in [3.63, 3.8) is 0 Å². The van der Waals surface area contributed by atoms with Crippen LogP contribution in [0.4, 0.5) is 18.9 Å². The van der Waals surface area contributed by atoms with Gasteiger partial charge in [0.2, 0.25) is 0 Å². The number of nitrogens with zero attached hydrogens (tertiary/aromatic N) is 2. The van der Waals surface area contributed by atoms with Crippen LogP contribution >= 0.6 is 15.9 Å². The summed E-state index contributed by atoms with van der Waals surface area (Å²) in [4.78, 5) is 22.3. The molecule has 3 aromatic rings. The zero-order valence-electron chi connectivity index (χ0n) is 16.7. The summed E-state index contributed by atoms with van der Waals surface area (Å²) >= 11 is 3.37. The molecule has 3 aromatic carbocycles. The van der Waals surface area contributed by atoms with Gasteiger partial charge in [0, 0.05) is 17.7 Å². The van der Waals surface area contributed by atoms with Gasteiger partial charge in [-0.3, -0.25) is 14.9 Å². The Morgan fingerprint density at radius 1 is 1.12 bits per heavy atom. The number of halogens is 4. The number of nitrogens with one attached hydrogen (secondary N) is 1. The maximum absolute atomic E-state index is 12.8. The first-order chi connectivity index (χ1) is 15.6. The molecule has 0 saturated carbocycles. The summed E-state index contributed by atoms with van der Waals surface area (Å²) in [6, 6.07) is 15.0. The number of carbonyl (C=O) groups excluding carboxylic acids is 1. The number of hydrogen-bond donors (Lipinski definition) is 1. The highest BCUT2D eigenvalue weighted by Gasteiger charge is 2.30. The molecule has 7 nitrogen and oxygen atoms in total. The molecular weight excluding hydrogens is 507 g/mol. The lowest BCUT2D eigenvalue weighted by atomic mass is 10.1. The van der Waals surface area contributed by atoms with Gasteiger partial charge >= 0.3 is 6.18 Å². The number of nitro benzene ring substituents is 1. The third-order valence-electron chi connectivity index (χ3n) is 4.33. The molecule has 3 rings (SSSR count). The lowest BCUT2D eigenvalue weighted by Gasteiger charge is -2.09. The largest absolute Gasteiger partial charge is 0.488 e. The van der Waals surface area contributed by atoms with Crippen molar-refractivity contribution in [2.45, 2.75) is 12.8 Å². The Bertz CT molecular complexity index is 1200. The minimum atomic E-state index is -4.55. The number of hydrogen-bond acceptors (Lipinski definition) is 5. The van der Waals surface area contributed by atoms with E-state index in [4.69, 9.17) is 4.74 Å². The Kier molecular flexibility index (Phi) is 7.44. The molecule has 0 atom stereocenters. The van der Waals surface area contributed by atoms with Gasteiger partial charge in [0.05, 0.1) is 21.2 Å². The molecule has 0 aliphatic rings. The molecule has 33 heavy (non-hydrogen) atoms. The van der Waals surface area contributed by atoms with Crippen LogP contribution < -0.4 is 10.2 Å². The number of rotatable bonds is 7. The smallest absolute Gasteiger partial charge is 0.416 e. The van der Waals surface area contributed by atoms with Crippen LogP contribution in [0.3, 0.4) is 0 Å². The number of alkyl halides is 3. The Morgan fingerprint density at radius 3 is 2.48 bits per heavy atom. The number of carbonyl (C=O) groups is 1. The van der Waals surface area contributed by atoms with Crippen molar-refractivity contribution in [3.8, 4) is 5.75 Å². The molecule has 0 unspecified atom stereocenters. The van der Waals surface area contributed by atoms with Crippen LogP contribution in [0.2, 0.25) is 0 Å². The van der Waals surface area contributed by atoms with Crippen molar-refractivity contribution in [3.05, 3.63) is 104 Å². The SMILES string of the molecule is O=C(N/N=C\c1ccc(OCc2ccc([N+](=O)[O-])cc2)c(Br)c1)c1cccc(C(F)(F)F)c1. The van der Waals surface area contributed by atoms with Crippen LogP contribution in [0.5, 0.6) is 5.75 Å². The number of benzene rings is 3. The van der Waals surface area contributed by atoms with Gasteiger partial charge in [0.25, 0.3) is 11.6 Å². The van der Waals surface area contributed by atoms with Gasteiger partial charge < -0.3 is 4.74 Å². The van der Waals surface area contributed by atoms with E-state index in [9.17, 15) is 28.1 Å². The van der Waals surface area contributed by atoms with E-state index in [1.165, 1.54) is 24.4 Å². The number of nitro groups is 1. The van der Waals surface area contributed by atoms with Crippen molar-refractivity contribution < 1.29 is 27.6 Å². The Hall–Kier alpha value is -3.73. The van der Waals surface area contributed by atoms with Gasteiger partial charge in [-0.2, -0.15) is 18.3 Å². The first kappa shape index (κ1) is 23.9. The van der Waals surface area contributed by atoms with Crippen LogP contribution in [0.25, 0.3) is 0 Å². The summed E-state index contributed by atoms with van der Waals surface area (Å²) in [5.74, 6) is -0.266. The van der Waals surface area contributed by atoms with Crippen molar-refractivity contribution in [2.75, 3.05) is 0 Å². The Morgan fingerprint density at radius 2 is 1.85 bits per heavy atom. The number of non-ortho nitro benzene ring substituents is 1. The predicted octanol–water partition coefficient (Wildman–Crippen LogP) is 5.72. The molecule has 0 radical (unpaired) electrons. The highest BCUT2D eigenvalue weighted by Crippen LogP contribution is 2.29. The molecule has 0 fully saturated rings. The van der Waals surface area contributed by atoms with E-state index in [0.717, 1.165) is 23.8 Å². The second-order valence-electron chi connectivity index (χ2n) is 6.68. The third-order valence-corrected chi connectivity index (χ3v) is 4.95. The minimum Gasteiger partial charge on any atom is -0.488 e. The van der Waals surface area contributed by atoms with Crippen molar-refractivity contribution >= 4 is 33.7 Å². The van der Waals surface area contributed by atoms with Gasteiger partial charge in [-0.1, -0.05) is 6.07 Å². The maximum atomic E-state index is 12.8. The zero-order valence-corrected chi connectivity index (χ0v) is 18.3. The van der Waals surface area contributed by atoms with Crippen LogP contribution in [0.15, 0.2) is 76.3 Å². The van der Waals surface area contributed by atoms with Crippen LogP contribution in [-0.2, 0) is 12.8 Å². The van der Waals surface area contributed by atoms with Crippen molar-refractivity contribution in [1.82, 2.24) is 5.43 Å². The molecule has 0 aliphatic carbocycles. The van der Waals surface area contributed by atoms with Crippen molar-refractivity contribution in [2.24, 2.45) is 5.10 Å². The lowest BCUT2D eigenvalue weighted by Crippen LogP contribution is -2.18. The van der Waals surface area contributed by atoms with Gasteiger partial charge in [0.1, 0.15) is 12.4 Å². The van der Waals surface area contributed by atoms with Crippen LogP contribution in [0, 0.1) is 10.1 Å². The molecule has 0 bridgehead atoms. The lowest BCUT2D eigenvalue weighted by molar-refractivity contribution is -0.384. The highest BCUT2D eigenvalue weighted by molar-refractivity contribution is 9.10. The van der Waals surface area contributed by atoms with E-state index >= 15 is 0 Å². The van der Waals surface area contributed by atoms with Gasteiger partial charge in [-0.05, 0) is 75.6 Å². The van der Waals surface area contributed by atoms with E-state index in [0.29, 0.717) is 15.8 Å². The molecule has 0 heterocycles. The fourth-order valence-corrected chi connectivity index (χ4v) is 3.17. The molecule has 1 amide bonds. The van der Waals surface area contributed by atoms with E-state index in [1.54, 1.807) is 30.3 Å². The van der Waals surface area contributed by atoms with Gasteiger partial charge in [-0.15, -0.1) is 0 Å². The van der Waals surface area contributed by atoms with E-state index in [1.807, 2.05) is 0 Å². The quantitative estimate of drug-likeness (QED) is 0.244. The first-order valence-corrected chi connectivity index (χ1v) is 10.1. The summed E-state index contributed by atoms with van der Waals surface area (Å²) in [6.07, 6.45) is -3.22. The van der Waals surface area contributed by atoms with Crippen molar-refractivity contribution in [1.29, 1.82) is 0 Å². The average molecular weight is 522 g/mol. The maximum Gasteiger partial charge on any atom is 0.416 e. The topological polar surface area (TPSA) is 93.8 Å².